The number of ether oxygens (including phenoxy) is 1. The summed E-state index contributed by atoms with van der Waals surface area (Å²) < 4.78 is 31.2. The molecule has 0 aliphatic heterocycles. The van der Waals surface area contributed by atoms with Crippen LogP contribution in [0.25, 0.3) is 0 Å². The van der Waals surface area contributed by atoms with Gasteiger partial charge in [0.15, 0.2) is 0 Å². The third-order valence-electron chi connectivity index (χ3n) is 2.32. The lowest BCUT2D eigenvalue weighted by molar-refractivity contribution is 0.468. The highest BCUT2D eigenvalue weighted by Gasteiger charge is 2.05. The smallest absolute Gasteiger partial charge is 0.133 e. The third-order valence-corrected chi connectivity index (χ3v) is 2.67. The first kappa shape index (κ1) is 12.8. The summed E-state index contributed by atoms with van der Waals surface area (Å²) in [5.74, 6) is -0.935. The average molecular weight is 270 g/mol. The fraction of sp³-hybridized carbons (Fsp3) is 0.0769. The van der Waals surface area contributed by atoms with Gasteiger partial charge in [0.05, 0.1) is 0 Å². The zero-order chi connectivity index (χ0) is 13.1. The van der Waals surface area contributed by atoms with E-state index in [9.17, 15) is 8.78 Å². The zero-order valence-electron chi connectivity index (χ0n) is 9.29. The standard InChI is InChI=1S/C13H10ClF2NO/c14-13-6-11(2-1-8(13)7-17)18-12-4-9(15)3-10(16)5-12/h1-6H,7,17H2. The maximum Gasteiger partial charge on any atom is 0.133 e. The highest BCUT2D eigenvalue weighted by molar-refractivity contribution is 6.31. The summed E-state index contributed by atoms with van der Waals surface area (Å²) in [5, 5.41) is 0.451. The molecule has 2 aromatic rings. The summed E-state index contributed by atoms with van der Waals surface area (Å²) in [6, 6.07) is 7.84. The summed E-state index contributed by atoms with van der Waals surface area (Å²) in [6.07, 6.45) is 0. The second-order valence-corrected chi connectivity index (χ2v) is 4.07. The van der Waals surface area contributed by atoms with Crippen LogP contribution in [0.15, 0.2) is 36.4 Å². The molecule has 0 aromatic heterocycles. The molecule has 0 fully saturated rings. The summed E-state index contributed by atoms with van der Waals surface area (Å²) in [4.78, 5) is 0. The average Bonchev–Trinajstić information content (AvgIpc) is 2.27. The molecule has 2 rings (SSSR count). The van der Waals surface area contributed by atoms with Gasteiger partial charge in [-0.15, -0.1) is 0 Å². The summed E-state index contributed by atoms with van der Waals surface area (Å²) in [5.41, 5.74) is 6.24. The van der Waals surface area contributed by atoms with Crippen LogP contribution in [0.1, 0.15) is 5.56 Å². The number of hydrogen-bond donors (Lipinski definition) is 1. The Morgan fingerprint density at radius 1 is 1.00 bits per heavy atom. The Hall–Kier alpha value is -1.65. The molecule has 0 heterocycles. The van der Waals surface area contributed by atoms with Gasteiger partial charge >= 0.3 is 0 Å². The third kappa shape index (κ3) is 2.97. The molecule has 2 N–H and O–H groups in total. The van der Waals surface area contributed by atoms with E-state index in [1.807, 2.05) is 0 Å². The molecule has 0 bridgehead atoms. The zero-order valence-corrected chi connectivity index (χ0v) is 10.0. The van der Waals surface area contributed by atoms with Crippen LogP contribution in [0.2, 0.25) is 5.02 Å². The van der Waals surface area contributed by atoms with E-state index < -0.39 is 11.6 Å². The lowest BCUT2D eigenvalue weighted by atomic mass is 10.2. The second-order valence-electron chi connectivity index (χ2n) is 3.66. The number of nitrogens with two attached hydrogens (primary N) is 1. The topological polar surface area (TPSA) is 35.2 Å². The van der Waals surface area contributed by atoms with E-state index in [4.69, 9.17) is 22.1 Å². The molecule has 2 aromatic carbocycles. The van der Waals surface area contributed by atoms with Crippen LogP contribution in [-0.4, -0.2) is 0 Å². The van der Waals surface area contributed by atoms with Crippen molar-refractivity contribution < 1.29 is 13.5 Å². The highest BCUT2D eigenvalue weighted by Crippen LogP contribution is 2.27. The van der Waals surface area contributed by atoms with Gasteiger partial charge in [0, 0.05) is 29.8 Å². The van der Waals surface area contributed by atoms with E-state index in [0.717, 1.165) is 23.8 Å². The Balaban J connectivity index is 2.25. The van der Waals surface area contributed by atoms with Crippen molar-refractivity contribution in [2.24, 2.45) is 5.73 Å². The minimum Gasteiger partial charge on any atom is -0.457 e. The van der Waals surface area contributed by atoms with E-state index >= 15 is 0 Å². The molecule has 0 saturated carbocycles. The van der Waals surface area contributed by atoms with Crippen molar-refractivity contribution in [3.63, 3.8) is 0 Å². The predicted molar refractivity (Wildman–Crippen MR) is 65.8 cm³/mol. The van der Waals surface area contributed by atoms with Gasteiger partial charge in [0.2, 0.25) is 0 Å². The molecule has 5 heteroatoms. The van der Waals surface area contributed by atoms with Gasteiger partial charge < -0.3 is 10.5 Å². The first-order valence-electron chi connectivity index (χ1n) is 5.21. The Morgan fingerprint density at radius 2 is 1.67 bits per heavy atom. The normalized spacial score (nSPS) is 10.4. The van der Waals surface area contributed by atoms with Crippen LogP contribution >= 0.6 is 11.6 Å². The molecule has 94 valence electrons. The van der Waals surface area contributed by atoms with Crippen molar-refractivity contribution in [2.75, 3.05) is 0 Å². The molecule has 0 aliphatic rings. The molecule has 0 aliphatic carbocycles. The summed E-state index contributed by atoms with van der Waals surface area (Å²) >= 11 is 5.95. The molecule has 0 radical (unpaired) electrons. The quantitative estimate of drug-likeness (QED) is 0.918. The van der Waals surface area contributed by atoms with Gasteiger partial charge in [-0.25, -0.2) is 8.78 Å². The van der Waals surface area contributed by atoms with Crippen LogP contribution in [0.4, 0.5) is 8.78 Å². The van der Waals surface area contributed by atoms with Crippen molar-refractivity contribution >= 4 is 11.6 Å². The monoisotopic (exact) mass is 269 g/mol. The maximum absolute atomic E-state index is 13.0. The Kier molecular flexibility index (Phi) is 3.79. The summed E-state index contributed by atoms with van der Waals surface area (Å²) in [6.45, 7) is 0.313. The van der Waals surface area contributed by atoms with Crippen LogP contribution in [0.3, 0.4) is 0 Å². The first-order chi connectivity index (χ1) is 8.58. The fourth-order valence-corrected chi connectivity index (χ4v) is 1.73. The van der Waals surface area contributed by atoms with Crippen LogP contribution in [0, 0.1) is 11.6 Å². The van der Waals surface area contributed by atoms with Crippen LogP contribution in [-0.2, 0) is 6.54 Å². The Labute approximate surface area is 108 Å². The SMILES string of the molecule is NCc1ccc(Oc2cc(F)cc(F)c2)cc1Cl. The number of halogens is 3. The van der Waals surface area contributed by atoms with Crippen molar-refractivity contribution in [3.05, 3.63) is 58.6 Å². The molecule has 0 spiro atoms. The second kappa shape index (κ2) is 5.33. The number of hydrogen-bond acceptors (Lipinski definition) is 2. The molecule has 0 amide bonds. The van der Waals surface area contributed by atoms with Gasteiger partial charge in [0.1, 0.15) is 23.1 Å². The predicted octanol–water partition coefficient (Wildman–Crippen LogP) is 3.87. The number of benzene rings is 2. The molecule has 0 atom stereocenters. The Bertz CT molecular complexity index is 555. The molecule has 2 nitrogen and oxygen atoms in total. The van der Waals surface area contributed by atoms with Crippen molar-refractivity contribution in [1.29, 1.82) is 0 Å². The minimum absolute atomic E-state index is 0.0732. The van der Waals surface area contributed by atoms with Gasteiger partial charge in [-0.1, -0.05) is 17.7 Å². The van der Waals surface area contributed by atoms with Crippen molar-refractivity contribution in [2.45, 2.75) is 6.54 Å². The lowest BCUT2D eigenvalue weighted by Gasteiger charge is -2.08. The van der Waals surface area contributed by atoms with Gasteiger partial charge in [0.25, 0.3) is 0 Å². The van der Waals surface area contributed by atoms with Crippen molar-refractivity contribution in [3.8, 4) is 11.5 Å². The first-order valence-corrected chi connectivity index (χ1v) is 5.59. The molecular weight excluding hydrogens is 260 g/mol. The van der Waals surface area contributed by atoms with Crippen LogP contribution in [0.5, 0.6) is 11.5 Å². The van der Waals surface area contributed by atoms with Crippen LogP contribution < -0.4 is 10.5 Å². The molecule has 0 saturated heterocycles. The maximum atomic E-state index is 13.0. The largest absolute Gasteiger partial charge is 0.457 e. The highest BCUT2D eigenvalue weighted by atomic mass is 35.5. The van der Waals surface area contributed by atoms with E-state index in [-0.39, 0.29) is 5.75 Å². The van der Waals surface area contributed by atoms with E-state index in [1.165, 1.54) is 0 Å². The van der Waals surface area contributed by atoms with E-state index in [2.05, 4.69) is 0 Å². The van der Waals surface area contributed by atoms with Gasteiger partial charge in [-0.05, 0) is 17.7 Å². The molecule has 0 unspecified atom stereocenters. The van der Waals surface area contributed by atoms with E-state index in [0.29, 0.717) is 17.3 Å². The summed E-state index contributed by atoms with van der Waals surface area (Å²) in [7, 11) is 0. The fourth-order valence-electron chi connectivity index (χ4n) is 1.48. The molecular formula is C13H10ClF2NO. The van der Waals surface area contributed by atoms with Crippen molar-refractivity contribution in [1.82, 2.24) is 0 Å². The van der Waals surface area contributed by atoms with E-state index in [1.54, 1.807) is 18.2 Å². The molecule has 18 heavy (non-hydrogen) atoms. The van der Waals surface area contributed by atoms with Gasteiger partial charge in [-0.2, -0.15) is 0 Å². The number of rotatable bonds is 3. The Morgan fingerprint density at radius 3 is 2.22 bits per heavy atom. The minimum atomic E-state index is -0.699. The lowest BCUT2D eigenvalue weighted by Crippen LogP contribution is -1.97. The van der Waals surface area contributed by atoms with Gasteiger partial charge in [-0.3, -0.25) is 0 Å².